The van der Waals surface area contributed by atoms with Crippen LogP contribution in [0.3, 0.4) is 0 Å². The average molecular weight is 274 g/mol. The summed E-state index contributed by atoms with van der Waals surface area (Å²) in [6.45, 7) is 6.64. The first kappa shape index (κ1) is 14.7. The number of fused-ring (bicyclic) bond motifs is 1. The SMILES string of the molecule is CC(C)CCC(C)(O)CNc1ccc2nccnc2n1. The molecule has 0 saturated heterocycles. The first-order chi connectivity index (χ1) is 9.46. The van der Waals surface area contributed by atoms with E-state index < -0.39 is 5.60 Å². The molecule has 108 valence electrons. The second-order valence-corrected chi connectivity index (χ2v) is 5.88. The Morgan fingerprint density at radius 2 is 2.00 bits per heavy atom. The average Bonchev–Trinajstić information content (AvgIpc) is 2.43. The minimum absolute atomic E-state index is 0.471. The van der Waals surface area contributed by atoms with Crippen molar-refractivity contribution in [2.75, 3.05) is 11.9 Å². The van der Waals surface area contributed by atoms with Crippen molar-refractivity contribution in [1.82, 2.24) is 15.0 Å². The Morgan fingerprint density at radius 1 is 1.25 bits per heavy atom. The van der Waals surface area contributed by atoms with Gasteiger partial charge in [0, 0.05) is 18.9 Å². The van der Waals surface area contributed by atoms with Crippen molar-refractivity contribution >= 4 is 17.0 Å². The van der Waals surface area contributed by atoms with Crippen molar-refractivity contribution < 1.29 is 5.11 Å². The second kappa shape index (κ2) is 6.13. The van der Waals surface area contributed by atoms with Gasteiger partial charge >= 0.3 is 0 Å². The quantitative estimate of drug-likeness (QED) is 0.847. The largest absolute Gasteiger partial charge is 0.388 e. The van der Waals surface area contributed by atoms with Gasteiger partial charge in [0.15, 0.2) is 5.65 Å². The van der Waals surface area contributed by atoms with Crippen LogP contribution in [-0.2, 0) is 0 Å². The van der Waals surface area contributed by atoms with Crippen LogP contribution in [0.5, 0.6) is 0 Å². The van der Waals surface area contributed by atoms with Crippen molar-refractivity contribution in [2.45, 2.75) is 39.2 Å². The van der Waals surface area contributed by atoms with E-state index in [4.69, 9.17) is 0 Å². The number of aliphatic hydroxyl groups is 1. The molecule has 0 aromatic carbocycles. The van der Waals surface area contributed by atoms with Gasteiger partial charge in [-0.2, -0.15) is 0 Å². The number of hydrogen-bond donors (Lipinski definition) is 2. The molecule has 0 aliphatic carbocycles. The summed E-state index contributed by atoms with van der Waals surface area (Å²) in [6, 6.07) is 3.73. The van der Waals surface area contributed by atoms with Crippen molar-refractivity contribution in [3.8, 4) is 0 Å². The van der Waals surface area contributed by atoms with E-state index in [9.17, 15) is 5.11 Å². The van der Waals surface area contributed by atoms with Crippen LogP contribution < -0.4 is 5.32 Å². The van der Waals surface area contributed by atoms with E-state index in [0.29, 0.717) is 23.9 Å². The van der Waals surface area contributed by atoms with Crippen LogP contribution in [0.2, 0.25) is 0 Å². The summed E-state index contributed by atoms with van der Waals surface area (Å²) in [5.74, 6) is 1.30. The molecule has 0 radical (unpaired) electrons. The standard InChI is InChI=1S/C15H22N4O/c1-11(2)6-7-15(3,20)10-18-13-5-4-12-14(19-13)17-9-8-16-12/h4-5,8-9,11,20H,6-7,10H2,1-3H3,(H,17,18,19). The fourth-order valence-corrected chi connectivity index (χ4v) is 1.92. The molecule has 5 heteroatoms. The van der Waals surface area contributed by atoms with Crippen LogP contribution in [0.15, 0.2) is 24.5 Å². The van der Waals surface area contributed by atoms with Crippen LogP contribution in [0.1, 0.15) is 33.6 Å². The smallest absolute Gasteiger partial charge is 0.180 e. The van der Waals surface area contributed by atoms with Crippen LogP contribution in [0, 0.1) is 5.92 Å². The number of nitrogens with zero attached hydrogens (tertiary/aromatic N) is 3. The van der Waals surface area contributed by atoms with Gasteiger partial charge in [0.1, 0.15) is 11.3 Å². The highest BCUT2D eigenvalue weighted by atomic mass is 16.3. The minimum Gasteiger partial charge on any atom is -0.388 e. The molecule has 0 saturated carbocycles. The molecule has 0 amide bonds. The van der Waals surface area contributed by atoms with Gasteiger partial charge in [-0.15, -0.1) is 0 Å². The molecule has 1 atom stereocenters. The Bertz CT molecular complexity index is 569. The zero-order valence-electron chi connectivity index (χ0n) is 12.3. The van der Waals surface area contributed by atoms with Gasteiger partial charge in [-0.05, 0) is 37.8 Å². The first-order valence-corrected chi connectivity index (χ1v) is 7.00. The monoisotopic (exact) mass is 274 g/mol. The molecule has 2 aromatic heterocycles. The Labute approximate surface area is 119 Å². The Kier molecular flexibility index (Phi) is 4.49. The summed E-state index contributed by atoms with van der Waals surface area (Å²) in [5.41, 5.74) is 0.646. The van der Waals surface area contributed by atoms with Gasteiger partial charge in [-0.1, -0.05) is 13.8 Å². The lowest BCUT2D eigenvalue weighted by atomic mass is 9.95. The van der Waals surface area contributed by atoms with Crippen molar-refractivity contribution in [3.05, 3.63) is 24.5 Å². The summed E-state index contributed by atoms with van der Waals surface area (Å²) in [6.07, 6.45) is 5.04. The van der Waals surface area contributed by atoms with Gasteiger partial charge in [-0.25, -0.2) is 9.97 Å². The number of nitrogens with one attached hydrogen (secondary N) is 1. The number of aromatic nitrogens is 3. The van der Waals surface area contributed by atoms with Crippen LogP contribution >= 0.6 is 0 Å². The van der Waals surface area contributed by atoms with E-state index >= 15 is 0 Å². The highest BCUT2D eigenvalue weighted by Crippen LogP contribution is 2.17. The number of anilines is 1. The molecule has 0 fully saturated rings. The lowest BCUT2D eigenvalue weighted by Gasteiger charge is -2.24. The van der Waals surface area contributed by atoms with E-state index in [2.05, 4.69) is 34.1 Å². The van der Waals surface area contributed by atoms with E-state index in [0.717, 1.165) is 18.4 Å². The second-order valence-electron chi connectivity index (χ2n) is 5.88. The third kappa shape index (κ3) is 4.13. The maximum atomic E-state index is 10.3. The van der Waals surface area contributed by atoms with Gasteiger partial charge in [-0.3, -0.25) is 4.98 Å². The summed E-state index contributed by atoms with van der Waals surface area (Å²) < 4.78 is 0. The molecule has 0 aliphatic rings. The van der Waals surface area contributed by atoms with Gasteiger partial charge in [0.2, 0.25) is 0 Å². The Morgan fingerprint density at radius 3 is 2.75 bits per heavy atom. The lowest BCUT2D eigenvalue weighted by molar-refractivity contribution is 0.0585. The molecule has 0 bridgehead atoms. The molecular weight excluding hydrogens is 252 g/mol. The minimum atomic E-state index is -0.733. The van der Waals surface area contributed by atoms with E-state index in [1.54, 1.807) is 12.4 Å². The molecule has 2 N–H and O–H groups in total. The molecule has 0 spiro atoms. The van der Waals surface area contributed by atoms with Crippen LogP contribution in [0.4, 0.5) is 5.82 Å². The molecule has 20 heavy (non-hydrogen) atoms. The molecular formula is C15H22N4O. The molecule has 2 aromatic rings. The van der Waals surface area contributed by atoms with Crippen molar-refractivity contribution in [2.24, 2.45) is 5.92 Å². The molecule has 2 rings (SSSR count). The van der Waals surface area contributed by atoms with Gasteiger partial charge in [0.05, 0.1) is 5.60 Å². The molecule has 2 heterocycles. The third-order valence-electron chi connectivity index (χ3n) is 3.24. The zero-order chi connectivity index (χ0) is 14.6. The van der Waals surface area contributed by atoms with Crippen molar-refractivity contribution in [3.63, 3.8) is 0 Å². The van der Waals surface area contributed by atoms with E-state index in [-0.39, 0.29) is 0 Å². The highest BCUT2D eigenvalue weighted by molar-refractivity contribution is 5.71. The maximum absolute atomic E-state index is 10.3. The normalized spacial score (nSPS) is 14.4. The molecule has 0 aliphatic heterocycles. The molecule has 1 unspecified atom stereocenters. The summed E-state index contributed by atoms with van der Waals surface area (Å²) in [7, 11) is 0. The zero-order valence-corrected chi connectivity index (χ0v) is 12.3. The predicted octanol–water partition coefficient (Wildman–Crippen LogP) is 2.62. The Balaban J connectivity index is 1.98. The Hall–Kier alpha value is -1.75. The first-order valence-electron chi connectivity index (χ1n) is 7.00. The topological polar surface area (TPSA) is 70.9 Å². The van der Waals surface area contributed by atoms with E-state index in [1.807, 2.05) is 19.1 Å². The highest BCUT2D eigenvalue weighted by Gasteiger charge is 2.20. The van der Waals surface area contributed by atoms with E-state index in [1.165, 1.54) is 0 Å². The van der Waals surface area contributed by atoms with Gasteiger partial charge in [0.25, 0.3) is 0 Å². The lowest BCUT2D eigenvalue weighted by Crippen LogP contribution is -2.34. The summed E-state index contributed by atoms with van der Waals surface area (Å²) in [4.78, 5) is 12.7. The number of pyridine rings is 1. The number of hydrogen-bond acceptors (Lipinski definition) is 5. The summed E-state index contributed by atoms with van der Waals surface area (Å²) in [5, 5.41) is 13.5. The van der Waals surface area contributed by atoms with Crippen molar-refractivity contribution in [1.29, 1.82) is 0 Å². The maximum Gasteiger partial charge on any atom is 0.180 e. The van der Waals surface area contributed by atoms with Crippen LogP contribution in [0.25, 0.3) is 11.2 Å². The summed E-state index contributed by atoms with van der Waals surface area (Å²) >= 11 is 0. The third-order valence-corrected chi connectivity index (χ3v) is 3.24. The fraction of sp³-hybridized carbons (Fsp3) is 0.533. The number of rotatable bonds is 6. The molecule has 5 nitrogen and oxygen atoms in total. The van der Waals surface area contributed by atoms with Crippen LogP contribution in [-0.4, -0.2) is 32.2 Å². The fourth-order valence-electron chi connectivity index (χ4n) is 1.92. The predicted molar refractivity (Wildman–Crippen MR) is 80.5 cm³/mol. The van der Waals surface area contributed by atoms with Gasteiger partial charge < -0.3 is 10.4 Å².